The molecule has 3 nitrogen and oxygen atoms in total. The third kappa shape index (κ3) is 3.99. The second-order valence-electron chi connectivity index (χ2n) is 6.86. The number of rotatable bonds is 3. The predicted molar refractivity (Wildman–Crippen MR) is 95.2 cm³/mol. The van der Waals surface area contributed by atoms with Crippen LogP contribution >= 0.6 is 15.9 Å². The molecule has 1 aliphatic heterocycles. The second-order valence-corrected chi connectivity index (χ2v) is 7.77. The molecule has 21 heavy (non-hydrogen) atoms. The van der Waals surface area contributed by atoms with Crippen molar-refractivity contribution in [3.63, 3.8) is 0 Å². The van der Waals surface area contributed by atoms with Crippen LogP contribution in [0.15, 0.2) is 22.7 Å². The molecule has 1 aliphatic rings. The Morgan fingerprint density at radius 2 is 1.76 bits per heavy atom. The molecule has 1 aromatic rings. The molecule has 0 saturated carbocycles. The largest absolute Gasteiger partial charge is 0.369 e. The van der Waals surface area contributed by atoms with Gasteiger partial charge in [-0.05, 0) is 52.4 Å². The number of nitrogens with one attached hydrogen (secondary N) is 1. The zero-order valence-electron chi connectivity index (χ0n) is 13.9. The maximum absolute atomic E-state index is 3.62. The van der Waals surface area contributed by atoms with E-state index in [2.05, 4.69) is 76.9 Å². The van der Waals surface area contributed by atoms with Crippen molar-refractivity contribution in [3.8, 4) is 0 Å². The zero-order chi connectivity index (χ0) is 15.6. The molecule has 1 saturated heterocycles. The van der Waals surface area contributed by atoms with Crippen LogP contribution in [-0.2, 0) is 0 Å². The van der Waals surface area contributed by atoms with Crippen LogP contribution in [0, 0.1) is 0 Å². The maximum atomic E-state index is 3.62. The van der Waals surface area contributed by atoms with E-state index in [-0.39, 0.29) is 5.54 Å². The Morgan fingerprint density at radius 1 is 1.14 bits per heavy atom. The third-order valence-electron chi connectivity index (χ3n) is 4.46. The van der Waals surface area contributed by atoms with Gasteiger partial charge in [-0.1, -0.05) is 22.0 Å². The van der Waals surface area contributed by atoms with Gasteiger partial charge in [0.05, 0.1) is 0 Å². The van der Waals surface area contributed by atoms with Gasteiger partial charge in [0, 0.05) is 47.9 Å². The van der Waals surface area contributed by atoms with Gasteiger partial charge in [-0.15, -0.1) is 0 Å². The molecule has 1 unspecified atom stereocenters. The summed E-state index contributed by atoms with van der Waals surface area (Å²) in [5.41, 5.74) is 3.01. The SMILES string of the molecule is CNC(C)c1ccc(Br)cc1N1CCN(C(C)(C)C)CC1. The van der Waals surface area contributed by atoms with Crippen LogP contribution in [0.2, 0.25) is 0 Å². The Bertz CT molecular complexity index is 473. The van der Waals surface area contributed by atoms with E-state index in [9.17, 15) is 0 Å². The average molecular weight is 354 g/mol. The van der Waals surface area contributed by atoms with Gasteiger partial charge >= 0.3 is 0 Å². The van der Waals surface area contributed by atoms with E-state index < -0.39 is 0 Å². The Kier molecular flexibility index (Phi) is 5.33. The van der Waals surface area contributed by atoms with Crippen LogP contribution in [0.5, 0.6) is 0 Å². The van der Waals surface area contributed by atoms with Crippen molar-refractivity contribution in [2.45, 2.75) is 39.3 Å². The highest BCUT2D eigenvalue weighted by Crippen LogP contribution is 2.31. The summed E-state index contributed by atoms with van der Waals surface area (Å²) < 4.78 is 1.16. The van der Waals surface area contributed by atoms with E-state index in [1.54, 1.807) is 0 Å². The minimum Gasteiger partial charge on any atom is -0.369 e. The first-order valence-electron chi connectivity index (χ1n) is 7.79. The van der Waals surface area contributed by atoms with E-state index >= 15 is 0 Å². The number of nitrogens with zero attached hydrogens (tertiary/aromatic N) is 2. The lowest BCUT2D eigenvalue weighted by Crippen LogP contribution is -2.53. The Hall–Kier alpha value is -0.580. The molecule has 0 aromatic heterocycles. The Labute approximate surface area is 137 Å². The van der Waals surface area contributed by atoms with Gasteiger partial charge < -0.3 is 10.2 Å². The quantitative estimate of drug-likeness (QED) is 0.894. The van der Waals surface area contributed by atoms with Gasteiger partial charge in [0.2, 0.25) is 0 Å². The fourth-order valence-corrected chi connectivity index (χ4v) is 3.28. The van der Waals surface area contributed by atoms with E-state index in [0.29, 0.717) is 6.04 Å². The van der Waals surface area contributed by atoms with E-state index in [1.807, 2.05) is 7.05 Å². The lowest BCUT2D eigenvalue weighted by Gasteiger charge is -2.43. The van der Waals surface area contributed by atoms with Crippen LogP contribution in [0.25, 0.3) is 0 Å². The number of piperazine rings is 1. The topological polar surface area (TPSA) is 18.5 Å². The molecule has 0 amide bonds. The summed E-state index contributed by atoms with van der Waals surface area (Å²) in [6.45, 7) is 13.6. The zero-order valence-corrected chi connectivity index (χ0v) is 15.5. The highest BCUT2D eigenvalue weighted by Gasteiger charge is 2.27. The normalized spacial score (nSPS) is 18.9. The molecule has 0 radical (unpaired) electrons. The van der Waals surface area contributed by atoms with Gasteiger partial charge in [-0.3, -0.25) is 4.90 Å². The van der Waals surface area contributed by atoms with Gasteiger partial charge in [0.15, 0.2) is 0 Å². The van der Waals surface area contributed by atoms with Crippen LogP contribution in [0.1, 0.15) is 39.3 Å². The number of hydrogen-bond acceptors (Lipinski definition) is 3. The third-order valence-corrected chi connectivity index (χ3v) is 4.95. The van der Waals surface area contributed by atoms with Crippen molar-refractivity contribution < 1.29 is 0 Å². The molecule has 0 bridgehead atoms. The summed E-state index contributed by atoms with van der Waals surface area (Å²) in [6.07, 6.45) is 0. The van der Waals surface area contributed by atoms with Crippen molar-refractivity contribution in [3.05, 3.63) is 28.2 Å². The molecule has 0 aliphatic carbocycles. The van der Waals surface area contributed by atoms with Gasteiger partial charge in [0.1, 0.15) is 0 Å². The standard InChI is InChI=1S/C17H28BrN3/c1-13(19-5)15-7-6-14(18)12-16(15)20-8-10-21(11-9-20)17(2,3)4/h6-7,12-13,19H,8-11H2,1-5H3. The predicted octanol–water partition coefficient (Wildman–Crippen LogP) is 3.65. The highest BCUT2D eigenvalue weighted by molar-refractivity contribution is 9.10. The summed E-state index contributed by atoms with van der Waals surface area (Å²) in [6, 6.07) is 7.00. The van der Waals surface area contributed by atoms with Crippen molar-refractivity contribution in [1.82, 2.24) is 10.2 Å². The fraction of sp³-hybridized carbons (Fsp3) is 0.647. The molecule has 0 spiro atoms. The molecule has 4 heteroatoms. The molecule has 1 atom stereocenters. The van der Waals surface area contributed by atoms with Gasteiger partial charge in [-0.25, -0.2) is 0 Å². The van der Waals surface area contributed by atoms with Crippen molar-refractivity contribution in [2.75, 3.05) is 38.1 Å². The smallest absolute Gasteiger partial charge is 0.0426 e. The van der Waals surface area contributed by atoms with Crippen LogP contribution < -0.4 is 10.2 Å². The summed E-state index contributed by atoms with van der Waals surface area (Å²) >= 11 is 3.62. The monoisotopic (exact) mass is 353 g/mol. The molecule has 1 heterocycles. The summed E-state index contributed by atoms with van der Waals surface area (Å²) in [7, 11) is 2.02. The number of benzene rings is 1. The number of halogens is 1. The van der Waals surface area contributed by atoms with Gasteiger partial charge in [0.25, 0.3) is 0 Å². The van der Waals surface area contributed by atoms with Crippen LogP contribution in [0.4, 0.5) is 5.69 Å². The molecule has 1 fully saturated rings. The molecule has 118 valence electrons. The molecular formula is C17H28BrN3. The van der Waals surface area contributed by atoms with Crippen LogP contribution in [-0.4, -0.2) is 43.7 Å². The summed E-state index contributed by atoms with van der Waals surface area (Å²) in [4.78, 5) is 5.10. The number of hydrogen-bond donors (Lipinski definition) is 1. The van der Waals surface area contributed by atoms with Crippen LogP contribution in [0.3, 0.4) is 0 Å². The molecule has 2 rings (SSSR count). The van der Waals surface area contributed by atoms with E-state index in [1.165, 1.54) is 11.3 Å². The highest BCUT2D eigenvalue weighted by atomic mass is 79.9. The van der Waals surface area contributed by atoms with Crippen molar-refractivity contribution in [1.29, 1.82) is 0 Å². The lowest BCUT2D eigenvalue weighted by atomic mass is 10.0. The summed E-state index contributed by atoms with van der Waals surface area (Å²) in [5, 5.41) is 3.36. The number of anilines is 1. The van der Waals surface area contributed by atoms with Crippen molar-refractivity contribution >= 4 is 21.6 Å². The van der Waals surface area contributed by atoms with E-state index in [4.69, 9.17) is 0 Å². The molecule has 1 aromatic carbocycles. The minimum atomic E-state index is 0.268. The Balaban J connectivity index is 2.18. The average Bonchev–Trinajstić information content (AvgIpc) is 2.45. The molecular weight excluding hydrogens is 326 g/mol. The first-order valence-corrected chi connectivity index (χ1v) is 8.59. The minimum absolute atomic E-state index is 0.268. The lowest BCUT2D eigenvalue weighted by molar-refractivity contribution is 0.128. The maximum Gasteiger partial charge on any atom is 0.0426 e. The van der Waals surface area contributed by atoms with E-state index in [0.717, 1.165) is 30.7 Å². The molecule has 1 N–H and O–H groups in total. The fourth-order valence-electron chi connectivity index (χ4n) is 2.93. The van der Waals surface area contributed by atoms with Crippen molar-refractivity contribution in [2.24, 2.45) is 0 Å². The Morgan fingerprint density at radius 3 is 2.29 bits per heavy atom. The first-order chi connectivity index (χ1) is 9.82. The summed E-state index contributed by atoms with van der Waals surface area (Å²) in [5.74, 6) is 0. The second kappa shape index (κ2) is 6.67. The van der Waals surface area contributed by atoms with Gasteiger partial charge in [-0.2, -0.15) is 0 Å². The first kappa shape index (κ1) is 16.8.